The molecular formula is C10H12N4O2S. The van der Waals surface area contributed by atoms with Gasteiger partial charge in [-0.3, -0.25) is 0 Å². The van der Waals surface area contributed by atoms with E-state index in [1.54, 1.807) is 6.92 Å². The molecule has 0 aromatic carbocycles. The molecule has 2 rings (SSSR count). The van der Waals surface area contributed by atoms with Crippen molar-refractivity contribution in [2.24, 2.45) is 4.99 Å². The Morgan fingerprint density at radius 3 is 3.00 bits per heavy atom. The van der Waals surface area contributed by atoms with Gasteiger partial charge in [0.05, 0.1) is 6.61 Å². The molecule has 0 atom stereocenters. The number of carbonyl (C=O) groups is 1. The monoisotopic (exact) mass is 252 g/mol. The molecule has 0 aliphatic heterocycles. The normalized spacial score (nSPS) is 12.1. The van der Waals surface area contributed by atoms with Crippen molar-refractivity contribution < 1.29 is 9.53 Å². The lowest BCUT2D eigenvalue weighted by Gasteiger charge is -1.97. The van der Waals surface area contributed by atoms with Gasteiger partial charge in [0.1, 0.15) is 0 Å². The van der Waals surface area contributed by atoms with Crippen molar-refractivity contribution in [1.82, 2.24) is 13.8 Å². The van der Waals surface area contributed by atoms with Crippen LogP contribution >= 0.6 is 11.5 Å². The van der Waals surface area contributed by atoms with Crippen LogP contribution in [0.5, 0.6) is 0 Å². The van der Waals surface area contributed by atoms with Gasteiger partial charge in [0.2, 0.25) is 10.6 Å². The van der Waals surface area contributed by atoms with Gasteiger partial charge >= 0.3 is 6.09 Å². The molecule has 0 unspecified atom stereocenters. The van der Waals surface area contributed by atoms with Gasteiger partial charge in [-0.05, 0) is 38.4 Å². The van der Waals surface area contributed by atoms with E-state index >= 15 is 0 Å². The van der Waals surface area contributed by atoms with Crippen LogP contribution in [-0.4, -0.2) is 26.5 Å². The molecule has 7 heteroatoms. The van der Waals surface area contributed by atoms with E-state index in [0.29, 0.717) is 17.2 Å². The Kier molecular flexibility index (Phi) is 3.19. The average molecular weight is 252 g/mol. The van der Waals surface area contributed by atoms with Crippen LogP contribution in [0, 0.1) is 13.8 Å². The largest absolute Gasteiger partial charge is 0.448 e. The van der Waals surface area contributed by atoms with E-state index in [1.165, 1.54) is 11.5 Å². The second kappa shape index (κ2) is 4.62. The van der Waals surface area contributed by atoms with Crippen LogP contribution in [0.25, 0.3) is 5.78 Å². The standard InChI is InChI=1S/C10H12N4O2S/c1-4-16-10(15)13-9-12-8-11-6(2)5-7(3)14(8)17-9/h5H,4H2,1-3H3/b13-9+. The molecular weight excluding hydrogens is 240 g/mol. The summed E-state index contributed by atoms with van der Waals surface area (Å²) in [6, 6.07) is 1.94. The summed E-state index contributed by atoms with van der Waals surface area (Å²) in [4.78, 5) is 23.7. The molecule has 0 radical (unpaired) electrons. The molecule has 0 aliphatic carbocycles. The van der Waals surface area contributed by atoms with Crippen LogP contribution in [-0.2, 0) is 4.74 Å². The van der Waals surface area contributed by atoms with E-state index in [-0.39, 0.29) is 0 Å². The summed E-state index contributed by atoms with van der Waals surface area (Å²) < 4.78 is 6.55. The van der Waals surface area contributed by atoms with Crippen molar-refractivity contribution in [1.29, 1.82) is 0 Å². The number of aryl methyl sites for hydroxylation is 2. The second-order valence-electron chi connectivity index (χ2n) is 3.43. The van der Waals surface area contributed by atoms with Gasteiger partial charge in [-0.2, -0.15) is 4.98 Å². The lowest BCUT2D eigenvalue weighted by Crippen LogP contribution is -2.06. The summed E-state index contributed by atoms with van der Waals surface area (Å²) in [5.41, 5.74) is 1.89. The smallest absolute Gasteiger partial charge is 0.436 e. The molecule has 0 bridgehead atoms. The molecule has 0 aliphatic rings. The van der Waals surface area contributed by atoms with Gasteiger partial charge in [0, 0.05) is 11.4 Å². The number of nitrogens with zero attached hydrogens (tertiary/aromatic N) is 4. The van der Waals surface area contributed by atoms with E-state index < -0.39 is 6.09 Å². The minimum atomic E-state index is -0.624. The number of carbonyl (C=O) groups excluding carboxylic acids is 1. The molecule has 0 N–H and O–H groups in total. The number of ether oxygens (including phenoxy) is 1. The van der Waals surface area contributed by atoms with Gasteiger partial charge < -0.3 is 4.74 Å². The molecule has 90 valence electrons. The van der Waals surface area contributed by atoms with Crippen molar-refractivity contribution in [3.05, 3.63) is 22.3 Å². The lowest BCUT2D eigenvalue weighted by atomic mass is 10.4. The zero-order chi connectivity index (χ0) is 12.4. The summed E-state index contributed by atoms with van der Waals surface area (Å²) in [5.74, 6) is 0.551. The fraction of sp³-hybridized carbons (Fsp3) is 0.400. The first-order valence-corrected chi connectivity index (χ1v) is 5.93. The van der Waals surface area contributed by atoms with Gasteiger partial charge in [-0.15, -0.1) is 4.99 Å². The van der Waals surface area contributed by atoms with E-state index in [4.69, 9.17) is 4.74 Å². The van der Waals surface area contributed by atoms with Gasteiger partial charge in [-0.25, -0.2) is 13.6 Å². The number of hydrogen-bond acceptors (Lipinski definition) is 5. The van der Waals surface area contributed by atoms with E-state index in [1.807, 2.05) is 23.7 Å². The summed E-state index contributed by atoms with van der Waals surface area (Å²) in [6.07, 6.45) is -0.624. The molecule has 2 aromatic rings. The quantitative estimate of drug-likeness (QED) is 0.770. The van der Waals surface area contributed by atoms with Crippen molar-refractivity contribution in [3.8, 4) is 0 Å². The number of hydrogen-bond donors (Lipinski definition) is 0. The summed E-state index contributed by atoms with van der Waals surface area (Å²) in [7, 11) is 0. The van der Waals surface area contributed by atoms with Crippen molar-refractivity contribution >= 4 is 23.4 Å². The summed E-state index contributed by atoms with van der Waals surface area (Å²) >= 11 is 1.26. The minimum Gasteiger partial charge on any atom is -0.448 e. The number of rotatable bonds is 1. The Morgan fingerprint density at radius 2 is 2.29 bits per heavy atom. The predicted molar refractivity (Wildman–Crippen MR) is 62.9 cm³/mol. The Hall–Kier alpha value is -1.76. The summed E-state index contributed by atoms with van der Waals surface area (Å²) in [6.45, 7) is 5.88. The molecule has 0 saturated heterocycles. The van der Waals surface area contributed by atoms with E-state index in [0.717, 1.165) is 11.4 Å². The van der Waals surface area contributed by atoms with Crippen LogP contribution in [0.1, 0.15) is 18.3 Å². The van der Waals surface area contributed by atoms with Crippen molar-refractivity contribution in [2.75, 3.05) is 6.61 Å². The molecule has 0 fully saturated rings. The average Bonchev–Trinajstić information content (AvgIpc) is 2.60. The van der Waals surface area contributed by atoms with Gasteiger partial charge in [0.25, 0.3) is 0 Å². The second-order valence-corrected chi connectivity index (χ2v) is 4.34. The SMILES string of the molecule is CCOC(=O)/N=c1\nc2nc(C)cc(C)n2s1. The molecule has 17 heavy (non-hydrogen) atoms. The fourth-order valence-electron chi connectivity index (χ4n) is 1.40. The van der Waals surface area contributed by atoms with Crippen molar-refractivity contribution in [3.63, 3.8) is 0 Å². The van der Waals surface area contributed by atoms with Crippen LogP contribution in [0.3, 0.4) is 0 Å². The van der Waals surface area contributed by atoms with Crippen LogP contribution < -0.4 is 4.80 Å². The van der Waals surface area contributed by atoms with Gasteiger partial charge in [-0.1, -0.05) is 0 Å². The Morgan fingerprint density at radius 1 is 1.53 bits per heavy atom. The third-order valence-corrected chi connectivity index (χ3v) is 3.00. The first kappa shape index (κ1) is 11.7. The Balaban J connectivity index is 2.51. The van der Waals surface area contributed by atoms with Crippen LogP contribution in [0.15, 0.2) is 11.1 Å². The maximum absolute atomic E-state index is 11.2. The van der Waals surface area contributed by atoms with Crippen LogP contribution in [0.2, 0.25) is 0 Å². The Labute approximate surface area is 102 Å². The first-order chi connectivity index (χ1) is 8.10. The minimum absolute atomic E-state index is 0.302. The molecule has 6 nitrogen and oxygen atoms in total. The molecule has 2 aromatic heterocycles. The predicted octanol–water partition coefficient (Wildman–Crippen LogP) is 1.46. The summed E-state index contributed by atoms with van der Waals surface area (Å²) in [5, 5.41) is 0. The topological polar surface area (TPSA) is 68.8 Å². The van der Waals surface area contributed by atoms with Crippen molar-refractivity contribution in [2.45, 2.75) is 20.8 Å². The maximum atomic E-state index is 11.2. The third-order valence-electron chi connectivity index (χ3n) is 2.02. The highest BCUT2D eigenvalue weighted by atomic mass is 32.1. The number of aromatic nitrogens is 3. The number of fused-ring (bicyclic) bond motifs is 1. The lowest BCUT2D eigenvalue weighted by molar-refractivity contribution is 0.162. The Bertz CT molecular complexity index is 629. The highest BCUT2D eigenvalue weighted by Gasteiger charge is 2.05. The third kappa shape index (κ3) is 2.50. The molecule has 2 heterocycles. The maximum Gasteiger partial charge on any atom is 0.436 e. The fourth-order valence-corrected chi connectivity index (χ4v) is 2.17. The highest BCUT2D eigenvalue weighted by Crippen LogP contribution is 2.05. The number of amides is 1. The highest BCUT2D eigenvalue weighted by molar-refractivity contribution is 7.03. The molecule has 1 amide bonds. The van der Waals surface area contributed by atoms with E-state index in [2.05, 4.69) is 15.0 Å². The molecule has 0 saturated carbocycles. The van der Waals surface area contributed by atoms with Gasteiger partial charge in [0.15, 0.2) is 0 Å². The van der Waals surface area contributed by atoms with Crippen LogP contribution in [0.4, 0.5) is 4.79 Å². The zero-order valence-electron chi connectivity index (χ0n) is 9.80. The first-order valence-electron chi connectivity index (χ1n) is 5.16. The zero-order valence-corrected chi connectivity index (χ0v) is 10.6. The molecule has 0 spiro atoms. The van der Waals surface area contributed by atoms with E-state index in [9.17, 15) is 4.79 Å².